The van der Waals surface area contributed by atoms with E-state index in [0.29, 0.717) is 23.1 Å². The Bertz CT molecular complexity index is 836. The second-order valence-electron chi connectivity index (χ2n) is 6.29. The maximum atomic E-state index is 12.8. The SMILES string of the molecule is Cc1oc(-c2ccco2)nc1CC(=O)N1CCCC1Cn1cccn1. The highest BCUT2D eigenvalue weighted by atomic mass is 16.4. The van der Waals surface area contributed by atoms with Crippen LogP contribution in [-0.2, 0) is 17.8 Å². The van der Waals surface area contributed by atoms with Crippen LogP contribution in [0.15, 0.2) is 45.7 Å². The van der Waals surface area contributed by atoms with Crippen molar-refractivity contribution in [2.24, 2.45) is 0 Å². The summed E-state index contributed by atoms with van der Waals surface area (Å²) in [4.78, 5) is 19.2. The fraction of sp³-hybridized carbons (Fsp3) is 0.389. The molecule has 3 aromatic rings. The first-order valence-electron chi connectivity index (χ1n) is 8.48. The minimum absolute atomic E-state index is 0.0806. The number of amides is 1. The van der Waals surface area contributed by atoms with Gasteiger partial charge in [-0.25, -0.2) is 4.98 Å². The topological polar surface area (TPSA) is 77.3 Å². The zero-order chi connectivity index (χ0) is 17.2. The molecule has 7 heteroatoms. The van der Waals surface area contributed by atoms with Crippen LogP contribution >= 0.6 is 0 Å². The molecular formula is C18H20N4O3. The third-order valence-corrected chi connectivity index (χ3v) is 4.60. The van der Waals surface area contributed by atoms with Gasteiger partial charge in [-0.2, -0.15) is 5.10 Å². The minimum Gasteiger partial charge on any atom is -0.459 e. The van der Waals surface area contributed by atoms with Gasteiger partial charge in [-0.3, -0.25) is 9.48 Å². The van der Waals surface area contributed by atoms with E-state index in [1.54, 1.807) is 24.6 Å². The molecule has 7 nitrogen and oxygen atoms in total. The molecule has 4 rings (SSSR count). The van der Waals surface area contributed by atoms with Crippen molar-refractivity contribution in [1.29, 1.82) is 0 Å². The number of carbonyl (C=O) groups excluding carboxylic acids is 1. The maximum Gasteiger partial charge on any atom is 0.263 e. The van der Waals surface area contributed by atoms with Gasteiger partial charge in [-0.15, -0.1) is 0 Å². The standard InChI is InChI=1S/C18H20N4O3/c1-13-15(20-18(25-13)16-6-3-10-24-16)11-17(23)22-9-2-5-14(22)12-21-8-4-7-19-21/h3-4,6-8,10,14H,2,5,9,11-12H2,1H3. The molecule has 1 atom stereocenters. The molecule has 0 saturated carbocycles. The highest BCUT2D eigenvalue weighted by Gasteiger charge is 2.30. The zero-order valence-electron chi connectivity index (χ0n) is 14.1. The zero-order valence-corrected chi connectivity index (χ0v) is 14.1. The van der Waals surface area contributed by atoms with E-state index < -0.39 is 0 Å². The highest BCUT2D eigenvalue weighted by molar-refractivity contribution is 5.79. The predicted octanol–water partition coefficient (Wildman–Crippen LogP) is 2.67. The lowest BCUT2D eigenvalue weighted by Crippen LogP contribution is -2.39. The van der Waals surface area contributed by atoms with E-state index in [9.17, 15) is 4.79 Å². The molecule has 0 spiro atoms. The molecular weight excluding hydrogens is 320 g/mol. The molecule has 1 amide bonds. The molecule has 130 valence electrons. The second kappa shape index (κ2) is 6.58. The number of aromatic nitrogens is 3. The lowest BCUT2D eigenvalue weighted by Gasteiger charge is -2.24. The smallest absolute Gasteiger partial charge is 0.263 e. The van der Waals surface area contributed by atoms with Crippen LogP contribution in [0.1, 0.15) is 24.3 Å². The van der Waals surface area contributed by atoms with Crippen molar-refractivity contribution >= 4 is 5.91 Å². The molecule has 1 aliphatic heterocycles. The van der Waals surface area contributed by atoms with E-state index in [0.717, 1.165) is 25.9 Å². The van der Waals surface area contributed by atoms with Gasteiger partial charge < -0.3 is 13.7 Å². The number of rotatable bonds is 5. The minimum atomic E-state index is 0.0806. The normalized spacial score (nSPS) is 17.3. The van der Waals surface area contributed by atoms with Gasteiger partial charge in [0.1, 0.15) is 5.76 Å². The van der Waals surface area contributed by atoms with Gasteiger partial charge in [-0.1, -0.05) is 0 Å². The molecule has 1 aliphatic rings. The van der Waals surface area contributed by atoms with Crippen LogP contribution in [-0.4, -0.2) is 38.2 Å². The van der Waals surface area contributed by atoms with Crippen molar-refractivity contribution in [2.45, 2.75) is 38.8 Å². The molecule has 1 unspecified atom stereocenters. The van der Waals surface area contributed by atoms with Crippen molar-refractivity contribution in [3.63, 3.8) is 0 Å². The van der Waals surface area contributed by atoms with E-state index in [1.807, 2.05) is 28.8 Å². The van der Waals surface area contributed by atoms with Crippen LogP contribution in [0, 0.1) is 6.92 Å². The van der Waals surface area contributed by atoms with Gasteiger partial charge in [0.15, 0.2) is 5.76 Å². The Balaban J connectivity index is 1.46. The van der Waals surface area contributed by atoms with Crippen molar-refractivity contribution in [3.05, 3.63) is 48.3 Å². The van der Waals surface area contributed by atoms with Crippen molar-refractivity contribution in [3.8, 4) is 11.7 Å². The molecule has 25 heavy (non-hydrogen) atoms. The van der Waals surface area contributed by atoms with Crippen LogP contribution in [0.2, 0.25) is 0 Å². The lowest BCUT2D eigenvalue weighted by atomic mass is 10.2. The monoisotopic (exact) mass is 340 g/mol. The molecule has 0 radical (unpaired) electrons. The van der Waals surface area contributed by atoms with E-state index in [4.69, 9.17) is 8.83 Å². The Labute approximate surface area is 145 Å². The van der Waals surface area contributed by atoms with E-state index in [-0.39, 0.29) is 18.4 Å². The predicted molar refractivity (Wildman–Crippen MR) is 89.6 cm³/mol. The van der Waals surface area contributed by atoms with Gasteiger partial charge in [0.05, 0.1) is 31.0 Å². The second-order valence-corrected chi connectivity index (χ2v) is 6.29. The van der Waals surface area contributed by atoms with Crippen LogP contribution < -0.4 is 0 Å². The van der Waals surface area contributed by atoms with Gasteiger partial charge in [0, 0.05) is 18.9 Å². The Hall–Kier alpha value is -2.83. The molecule has 3 aromatic heterocycles. The summed E-state index contributed by atoms with van der Waals surface area (Å²) in [6.45, 7) is 3.34. The fourth-order valence-corrected chi connectivity index (χ4v) is 3.32. The first-order chi connectivity index (χ1) is 12.2. The summed E-state index contributed by atoms with van der Waals surface area (Å²) in [5, 5.41) is 4.24. The number of hydrogen-bond acceptors (Lipinski definition) is 5. The third kappa shape index (κ3) is 3.22. The summed E-state index contributed by atoms with van der Waals surface area (Å²) >= 11 is 0. The number of furan rings is 1. The molecule has 0 N–H and O–H groups in total. The summed E-state index contributed by atoms with van der Waals surface area (Å²) in [5.41, 5.74) is 0.668. The van der Waals surface area contributed by atoms with Gasteiger partial charge in [0.25, 0.3) is 5.89 Å². The molecule has 1 fully saturated rings. The highest BCUT2D eigenvalue weighted by Crippen LogP contribution is 2.24. The molecule has 1 saturated heterocycles. The van der Waals surface area contributed by atoms with Crippen molar-refractivity contribution in [1.82, 2.24) is 19.7 Å². The Morgan fingerprint density at radius 3 is 3.08 bits per heavy atom. The number of nitrogens with zero attached hydrogens (tertiary/aromatic N) is 4. The lowest BCUT2D eigenvalue weighted by molar-refractivity contribution is -0.131. The Morgan fingerprint density at radius 2 is 2.32 bits per heavy atom. The van der Waals surface area contributed by atoms with Crippen molar-refractivity contribution in [2.75, 3.05) is 6.54 Å². The van der Waals surface area contributed by atoms with Gasteiger partial charge >= 0.3 is 0 Å². The van der Waals surface area contributed by atoms with E-state index in [1.165, 1.54) is 0 Å². The summed E-state index contributed by atoms with van der Waals surface area (Å²) in [6.07, 6.45) is 7.53. The molecule has 4 heterocycles. The molecule has 0 bridgehead atoms. The van der Waals surface area contributed by atoms with E-state index in [2.05, 4.69) is 10.1 Å². The number of oxazole rings is 1. The first-order valence-corrected chi connectivity index (χ1v) is 8.48. The van der Waals surface area contributed by atoms with Crippen LogP contribution in [0.5, 0.6) is 0 Å². The number of likely N-dealkylation sites (tertiary alicyclic amines) is 1. The van der Waals surface area contributed by atoms with Crippen LogP contribution in [0.4, 0.5) is 0 Å². The number of carbonyl (C=O) groups is 1. The quantitative estimate of drug-likeness (QED) is 0.713. The number of aryl methyl sites for hydroxylation is 1. The Kier molecular flexibility index (Phi) is 4.13. The average molecular weight is 340 g/mol. The van der Waals surface area contributed by atoms with Crippen LogP contribution in [0.3, 0.4) is 0 Å². The van der Waals surface area contributed by atoms with Crippen molar-refractivity contribution < 1.29 is 13.6 Å². The van der Waals surface area contributed by atoms with Gasteiger partial charge in [-0.05, 0) is 38.0 Å². The number of hydrogen-bond donors (Lipinski definition) is 0. The fourth-order valence-electron chi connectivity index (χ4n) is 3.32. The largest absolute Gasteiger partial charge is 0.459 e. The maximum absolute atomic E-state index is 12.8. The summed E-state index contributed by atoms with van der Waals surface area (Å²) in [6, 6.07) is 5.65. The molecule has 0 aromatic carbocycles. The summed E-state index contributed by atoms with van der Waals surface area (Å²) < 4.78 is 12.8. The summed E-state index contributed by atoms with van der Waals surface area (Å²) in [7, 11) is 0. The van der Waals surface area contributed by atoms with Crippen LogP contribution in [0.25, 0.3) is 11.7 Å². The van der Waals surface area contributed by atoms with E-state index >= 15 is 0 Å². The first kappa shape index (κ1) is 15.7. The summed E-state index contributed by atoms with van der Waals surface area (Å²) in [5.74, 6) is 1.72. The molecule has 0 aliphatic carbocycles. The average Bonchev–Trinajstić information content (AvgIpc) is 3.35. The Morgan fingerprint density at radius 1 is 1.40 bits per heavy atom. The van der Waals surface area contributed by atoms with Gasteiger partial charge in [0.2, 0.25) is 5.91 Å². The third-order valence-electron chi connectivity index (χ3n) is 4.60.